The summed E-state index contributed by atoms with van der Waals surface area (Å²) in [5.41, 5.74) is 2.24. The van der Waals surface area contributed by atoms with E-state index in [2.05, 4.69) is 5.32 Å². The van der Waals surface area contributed by atoms with Crippen LogP contribution < -0.4 is 5.32 Å². The first-order valence-electron chi connectivity index (χ1n) is 8.18. The molecule has 0 unspecified atom stereocenters. The van der Waals surface area contributed by atoms with Gasteiger partial charge in [0.2, 0.25) is 11.8 Å². The minimum absolute atomic E-state index is 0.0461. The smallest absolute Gasteiger partial charge is 0.226 e. The highest BCUT2D eigenvalue weighted by Crippen LogP contribution is 2.10. The van der Waals surface area contributed by atoms with Gasteiger partial charge in [0.05, 0.1) is 11.6 Å². The van der Waals surface area contributed by atoms with E-state index in [0.717, 1.165) is 12.0 Å². The van der Waals surface area contributed by atoms with Crippen LogP contribution in [0.1, 0.15) is 24.5 Å². The molecule has 0 radical (unpaired) electrons. The zero-order chi connectivity index (χ0) is 18.1. The van der Waals surface area contributed by atoms with Gasteiger partial charge in [-0.05, 0) is 30.2 Å². The van der Waals surface area contributed by atoms with E-state index in [9.17, 15) is 9.59 Å². The summed E-state index contributed by atoms with van der Waals surface area (Å²) in [5.74, 6) is -0.226. The Bertz CT molecular complexity index is 766. The largest absolute Gasteiger partial charge is 0.342 e. The lowest BCUT2D eigenvalue weighted by molar-refractivity contribution is -0.129. The Morgan fingerprint density at radius 2 is 1.84 bits per heavy atom. The summed E-state index contributed by atoms with van der Waals surface area (Å²) in [4.78, 5) is 25.5. The molecule has 0 aromatic heterocycles. The van der Waals surface area contributed by atoms with Gasteiger partial charge < -0.3 is 10.2 Å². The lowest BCUT2D eigenvalue weighted by atomic mass is 10.1. The fourth-order valence-electron chi connectivity index (χ4n) is 2.46. The minimum atomic E-state index is -0.180. The molecular weight excluding hydrogens is 314 g/mol. The van der Waals surface area contributed by atoms with Gasteiger partial charge in [0.15, 0.2) is 0 Å². The molecule has 5 heteroatoms. The fraction of sp³-hybridized carbons (Fsp3) is 0.250. The highest BCUT2D eigenvalue weighted by molar-refractivity contribution is 5.91. The number of hydrogen-bond donors (Lipinski definition) is 1. The second-order valence-electron chi connectivity index (χ2n) is 5.73. The third kappa shape index (κ3) is 6.11. The molecule has 2 aromatic rings. The molecule has 0 aliphatic carbocycles. The molecule has 0 aliphatic heterocycles. The quantitative estimate of drug-likeness (QED) is 0.845. The van der Waals surface area contributed by atoms with E-state index in [0.29, 0.717) is 24.3 Å². The van der Waals surface area contributed by atoms with Gasteiger partial charge in [0.1, 0.15) is 0 Å². The molecule has 25 heavy (non-hydrogen) atoms. The average Bonchev–Trinajstić information content (AvgIpc) is 2.62. The molecule has 0 heterocycles. The van der Waals surface area contributed by atoms with Crippen molar-refractivity contribution in [2.75, 3.05) is 18.4 Å². The van der Waals surface area contributed by atoms with Crippen molar-refractivity contribution in [2.45, 2.75) is 19.8 Å². The highest BCUT2D eigenvalue weighted by atomic mass is 16.2. The predicted octanol–water partition coefficient (Wildman–Crippen LogP) is 2.98. The molecule has 0 bridgehead atoms. The van der Waals surface area contributed by atoms with Crippen LogP contribution in [0.4, 0.5) is 5.69 Å². The fourth-order valence-corrected chi connectivity index (χ4v) is 2.46. The number of nitriles is 1. The van der Waals surface area contributed by atoms with E-state index in [1.165, 1.54) is 6.92 Å². The third-order valence-electron chi connectivity index (χ3n) is 3.84. The Balaban J connectivity index is 1.84. The van der Waals surface area contributed by atoms with Crippen molar-refractivity contribution >= 4 is 17.5 Å². The summed E-state index contributed by atoms with van der Waals surface area (Å²) in [5, 5.41) is 11.6. The van der Waals surface area contributed by atoms with Crippen LogP contribution in [-0.4, -0.2) is 29.8 Å². The molecule has 0 saturated heterocycles. The lowest BCUT2D eigenvalue weighted by Crippen LogP contribution is -2.33. The molecule has 0 spiro atoms. The molecule has 1 N–H and O–H groups in total. The molecule has 0 aliphatic rings. The lowest BCUT2D eigenvalue weighted by Gasteiger charge is -2.21. The van der Waals surface area contributed by atoms with Crippen molar-refractivity contribution in [1.29, 1.82) is 5.26 Å². The van der Waals surface area contributed by atoms with Gasteiger partial charge in [-0.25, -0.2) is 0 Å². The van der Waals surface area contributed by atoms with Crippen molar-refractivity contribution in [3.63, 3.8) is 0 Å². The van der Waals surface area contributed by atoms with Crippen molar-refractivity contribution in [2.24, 2.45) is 0 Å². The van der Waals surface area contributed by atoms with Crippen LogP contribution in [0.3, 0.4) is 0 Å². The molecule has 2 amide bonds. The van der Waals surface area contributed by atoms with Gasteiger partial charge in [-0.1, -0.05) is 36.4 Å². The molecule has 0 atom stereocenters. The Hall–Kier alpha value is -3.13. The molecule has 0 fully saturated rings. The maximum absolute atomic E-state index is 12.1. The van der Waals surface area contributed by atoms with E-state index in [4.69, 9.17) is 5.26 Å². The molecule has 2 rings (SSSR count). The number of benzene rings is 2. The van der Waals surface area contributed by atoms with Gasteiger partial charge in [0, 0.05) is 32.1 Å². The topological polar surface area (TPSA) is 73.2 Å². The van der Waals surface area contributed by atoms with Crippen LogP contribution in [-0.2, 0) is 16.0 Å². The molecule has 0 saturated carbocycles. The highest BCUT2D eigenvalue weighted by Gasteiger charge is 2.11. The number of nitrogens with one attached hydrogen (secondary N) is 1. The van der Waals surface area contributed by atoms with E-state index in [-0.39, 0.29) is 18.2 Å². The number of nitrogens with zero attached hydrogens (tertiary/aromatic N) is 2. The van der Waals surface area contributed by atoms with Crippen molar-refractivity contribution < 1.29 is 9.59 Å². The van der Waals surface area contributed by atoms with Crippen molar-refractivity contribution in [1.82, 2.24) is 4.90 Å². The van der Waals surface area contributed by atoms with E-state index in [1.807, 2.05) is 36.4 Å². The van der Waals surface area contributed by atoms with E-state index >= 15 is 0 Å². The maximum Gasteiger partial charge on any atom is 0.226 e. The first-order valence-corrected chi connectivity index (χ1v) is 8.18. The normalized spacial score (nSPS) is 9.92. The first kappa shape index (κ1) is 18.2. The Morgan fingerprint density at radius 1 is 1.08 bits per heavy atom. The van der Waals surface area contributed by atoms with Crippen molar-refractivity contribution in [3.05, 3.63) is 65.7 Å². The Labute approximate surface area is 147 Å². The summed E-state index contributed by atoms with van der Waals surface area (Å²) in [6.07, 6.45) is 0.970. The standard InChI is InChI=1S/C20H21N3O2/c1-16(24)23(12-10-17-6-3-2-4-7-17)13-11-20(25)22-19-9-5-8-18(14-19)15-21/h2-9,14H,10-13H2,1H3,(H,22,25). The molecular formula is C20H21N3O2. The van der Waals surface area contributed by atoms with E-state index < -0.39 is 0 Å². The average molecular weight is 335 g/mol. The third-order valence-corrected chi connectivity index (χ3v) is 3.84. The summed E-state index contributed by atoms with van der Waals surface area (Å²) < 4.78 is 0. The van der Waals surface area contributed by atoms with Crippen LogP contribution in [0.2, 0.25) is 0 Å². The number of anilines is 1. The molecule has 128 valence electrons. The SMILES string of the molecule is CC(=O)N(CCC(=O)Nc1cccc(C#N)c1)CCc1ccccc1. The van der Waals surface area contributed by atoms with Crippen LogP contribution in [0, 0.1) is 11.3 Å². The summed E-state index contributed by atoms with van der Waals surface area (Å²) in [7, 11) is 0. The van der Waals surface area contributed by atoms with Crippen LogP contribution in [0.25, 0.3) is 0 Å². The van der Waals surface area contributed by atoms with Crippen LogP contribution >= 0.6 is 0 Å². The van der Waals surface area contributed by atoms with Crippen LogP contribution in [0.15, 0.2) is 54.6 Å². The summed E-state index contributed by atoms with van der Waals surface area (Å²) in [6, 6.07) is 18.7. The van der Waals surface area contributed by atoms with Gasteiger partial charge in [-0.15, -0.1) is 0 Å². The zero-order valence-corrected chi connectivity index (χ0v) is 14.2. The summed E-state index contributed by atoms with van der Waals surface area (Å²) >= 11 is 0. The Morgan fingerprint density at radius 3 is 2.52 bits per heavy atom. The molecule has 2 aromatic carbocycles. The predicted molar refractivity (Wildman–Crippen MR) is 96.8 cm³/mol. The number of hydrogen-bond acceptors (Lipinski definition) is 3. The van der Waals surface area contributed by atoms with Gasteiger partial charge in [0.25, 0.3) is 0 Å². The van der Waals surface area contributed by atoms with Gasteiger partial charge in [-0.2, -0.15) is 5.26 Å². The summed E-state index contributed by atoms with van der Waals surface area (Å²) in [6.45, 7) is 2.46. The number of rotatable bonds is 7. The molecule has 5 nitrogen and oxygen atoms in total. The second-order valence-corrected chi connectivity index (χ2v) is 5.73. The minimum Gasteiger partial charge on any atom is -0.342 e. The Kier molecular flexibility index (Phi) is 6.73. The van der Waals surface area contributed by atoms with E-state index in [1.54, 1.807) is 29.2 Å². The maximum atomic E-state index is 12.1. The first-order chi connectivity index (χ1) is 12.1. The van der Waals surface area contributed by atoms with Crippen LogP contribution in [0.5, 0.6) is 0 Å². The monoisotopic (exact) mass is 335 g/mol. The number of amides is 2. The van der Waals surface area contributed by atoms with Crippen molar-refractivity contribution in [3.8, 4) is 6.07 Å². The van der Waals surface area contributed by atoms with Gasteiger partial charge >= 0.3 is 0 Å². The number of carbonyl (C=O) groups is 2. The zero-order valence-electron chi connectivity index (χ0n) is 14.2. The number of carbonyl (C=O) groups excluding carboxylic acids is 2. The second kappa shape index (κ2) is 9.24. The van der Waals surface area contributed by atoms with Gasteiger partial charge in [-0.3, -0.25) is 9.59 Å².